The van der Waals surface area contributed by atoms with Crippen molar-refractivity contribution in [2.45, 2.75) is 26.4 Å². The van der Waals surface area contributed by atoms with E-state index in [9.17, 15) is 5.11 Å². The summed E-state index contributed by atoms with van der Waals surface area (Å²) in [6.07, 6.45) is 0.372. The zero-order chi connectivity index (χ0) is 13.5. The minimum absolute atomic E-state index is 0.381. The van der Waals surface area contributed by atoms with E-state index in [0.717, 1.165) is 31.7 Å². The van der Waals surface area contributed by atoms with Gasteiger partial charge in [0.2, 0.25) is 0 Å². The van der Waals surface area contributed by atoms with Crippen LogP contribution in [0.25, 0.3) is 0 Å². The van der Waals surface area contributed by atoms with Gasteiger partial charge in [-0.25, -0.2) is 0 Å². The summed E-state index contributed by atoms with van der Waals surface area (Å²) in [5.41, 5.74) is 3.43. The third kappa shape index (κ3) is 5.17. The molecule has 0 aliphatic rings. The zero-order valence-corrected chi connectivity index (χ0v) is 11.9. The van der Waals surface area contributed by atoms with Crippen molar-refractivity contribution in [3.05, 3.63) is 34.9 Å². The Morgan fingerprint density at radius 2 is 1.78 bits per heavy atom. The van der Waals surface area contributed by atoms with Gasteiger partial charge in [0.1, 0.15) is 0 Å². The Labute approximate surface area is 110 Å². The van der Waals surface area contributed by atoms with E-state index in [-0.39, 0.29) is 6.10 Å². The number of benzene rings is 1. The number of hydrogen-bond acceptors (Lipinski definition) is 3. The Morgan fingerprint density at radius 3 is 2.33 bits per heavy atom. The summed E-state index contributed by atoms with van der Waals surface area (Å²) in [6.45, 7) is 6.63. The SMILES string of the molecule is COCCN(C)CCC(O)c1cc(C)cc(C)c1. The van der Waals surface area contributed by atoms with Gasteiger partial charge < -0.3 is 14.7 Å². The minimum atomic E-state index is -0.381. The van der Waals surface area contributed by atoms with E-state index in [0.29, 0.717) is 0 Å². The van der Waals surface area contributed by atoms with E-state index in [2.05, 4.69) is 36.9 Å². The fraction of sp³-hybridized carbons (Fsp3) is 0.600. The second-order valence-corrected chi connectivity index (χ2v) is 5.02. The van der Waals surface area contributed by atoms with Crippen LogP contribution in [-0.2, 0) is 4.74 Å². The molecule has 0 fully saturated rings. The molecule has 1 atom stereocenters. The molecule has 0 aromatic heterocycles. The fourth-order valence-corrected chi connectivity index (χ4v) is 2.07. The zero-order valence-electron chi connectivity index (χ0n) is 11.9. The Bertz CT molecular complexity index is 345. The Kier molecular flexibility index (Phi) is 6.33. The van der Waals surface area contributed by atoms with Crippen molar-refractivity contribution in [3.8, 4) is 0 Å². The summed E-state index contributed by atoms with van der Waals surface area (Å²) in [5, 5.41) is 10.2. The maximum atomic E-state index is 10.2. The summed E-state index contributed by atoms with van der Waals surface area (Å²) in [4.78, 5) is 2.18. The van der Waals surface area contributed by atoms with Crippen LogP contribution in [0.15, 0.2) is 18.2 Å². The molecule has 3 heteroatoms. The van der Waals surface area contributed by atoms with E-state index in [4.69, 9.17) is 4.74 Å². The molecule has 1 aromatic carbocycles. The van der Waals surface area contributed by atoms with Crippen LogP contribution < -0.4 is 0 Å². The van der Waals surface area contributed by atoms with Crippen molar-refractivity contribution in [3.63, 3.8) is 0 Å². The first kappa shape index (κ1) is 15.2. The molecule has 3 nitrogen and oxygen atoms in total. The number of nitrogens with zero attached hydrogens (tertiary/aromatic N) is 1. The first-order valence-electron chi connectivity index (χ1n) is 6.46. The monoisotopic (exact) mass is 251 g/mol. The van der Waals surface area contributed by atoms with E-state index < -0.39 is 0 Å². The third-order valence-electron chi connectivity index (χ3n) is 3.09. The van der Waals surface area contributed by atoms with Gasteiger partial charge in [0.05, 0.1) is 12.7 Å². The van der Waals surface area contributed by atoms with Crippen LogP contribution in [0.4, 0.5) is 0 Å². The van der Waals surface area contributed by atoms with Crippen molar-refractivity contribution >= 4 is 0 Å². The Morgan fingerprint density at radius 1 is 1.17 bits per heavy atom. The average molecular weight is 251 g/mol. The Hall–Kier alpha value is -0.900. The van der Waals surface area contributed by atoms with Gasteiger partial charge in [-0.05, 0) is 32.9 Å². The number of methoxy groups -OCH3 is 1. The van der Waals surface area contributed by atoms with Gasteiger partial charge in [0.15, 0.2) is 0 Å². The van der Waals surface area contributed by atoms with E-state index >= 15 is 0 Å². The topological polar surface area (TPSA) is 32.7 Å². The van der Waals surface area contributed by atoms with E-state index in [1.807, 2.05) is 7.05 Å². The quantitative estimate of drug-likeness (QED) is 0.807. The summed E-state index contributed by atoms with van der Waals surface area (Å²) in [5.74, 6) is 0. The molecule has 0 bridgehead atoms. The standard InChI is InChI=1S/C15H25NO2/c1-12-9-13(2)11-14(10-12)15(17)5-6-16(3)7-8-18-4/h9-11,15,17H,5-8H2,1-4H3. The lowest BCUT2D eigenvalue weighted by Crippen LogP contribution is -2.25. The van der Waals surface area contributed by atoms with Crippen LogP contribution in [0.3, 0.4) is 0 Å². The predicted molar refractivity (Wildman–Crippen MR) is 74.9 cm³/mol. The lowest BCUT2D eigenvalue weighted by atomic mass is 10.0. The molecule has 1 N–H and O–H groups in total. The van der Waals surface area contributed by atoms with Gasteiger partial charge in [0, 0.05) is 20.2 Å². The second-order valence-electron chi connectivity index (χ2n) is 5.02. The molecule has 102 valence electrons. The molecule has 0 saturated carbocycles. The van der Waals surface area contributed by atoms with Crippen LogP contribution in [0.5, 0.6) is 0 Å². The van der Waals surface area contributed by atoms with E-state index in [1.54, 1.807) is 7.11 Å². The van der Waals surface area contributed by atoms with Crippen LogP contribution in [0.2, 0.25) is 0 Å². The molecule has 1 unspecified atom stereocenters. The maximum Gasteiger partial charge on any atom is 0.0802 e. The molecule has 0 aliphatic heterocycles. The number of aryl methyl sites for hydroxylation is 2. The number of hydrogen-bond donors (Lipinski definition) is 1. The van der Waals surface area contributed by atoms with Crippen LogP contribution in [-0.4, -0.2) is 43.9 Å². The molecule has 0 aliphatic carbocycles. The first-order chi connectivity index (χ1) is 8.52. The second kappa shape index (κ2) is 7.52. The van der Waals surface area contributed by atoms with Crippen molar-refractivity contribution < 1.29 is 9.84 Å². The van der Waals surface area contributed by atoms with Gasteiger partial charge in [-0.1, -0.05) is 29.3 Å². The number of rotatable bonds is 7. The summed E-state index contributed by atoms with van der Waals surface area (Å²) >= 11 is 0. The lowest BCUT2D eigenvalue weighted by Gasteiger charge is -2.19. The first-order valence-corrected chi connectivity index (χ1v) is 6.46. The molecular formula is C15H25NO2. The van der Waals surface area contributed by atoms with Crippen LogP contribution in [0.1, 0.15) is 29.2 Å². The summed E-state index contributed by atoms with van der Waals surface area (Å²) < 4.78 is 5.03. The van der Waals surface area contributed by atoms with Crippen LogP contribution >= 0.6 is 0 Å². The highest BCUT2D eigenvalue weighted by Gasteiger charge is 2.09. The number of likely N-dealkylation sites (N-methyl/N-ethyl adjacent to an activating group) is 1. The molecule has 0 radical (unpaired) electrons. The third-order valence-corrected chi connectivity index (χ3v) is 3.09. The summed E-state index contributed by atoms with van der Waals surface area (Å²) in [6, 6.07) is 6.25. The van der Waals surface area contributed by atoms with Gasteiger partial charge >= 0.3 is 0 Å². The molecule has 1 aromatic rings. The number of aliphatic hydroxyl groups is 1. The highest BCUT2D eigenvalue weighted by Crippen LogP contribution is 2.19. The number of ether oxygens (including phenoxy) is 1. The molecule has 0 saturated heterocycles. The molecular weight excluding hydrogens is 226 g/mol. The summed E-state index contributed by atoms with van der Waals surface area (Å²) in [7, 11) is 3.76. The van der Waals surface area contributed by atoms with Crippen LogP contribution in [0, 0.1) is 13.8 Å². The van der Waals surface area contributed by atoms with Gasteiger partial charge in [0.25, 0.3) is 0 Å². The predicted octanol–water partition coefficient (Wildman–Crippen LogP) is 2.31. The van der Waals surface area contributed by atoms with Crippen molar-refractivity contribution in [2.24, 2.45) is 0 Å². The van der Waals surface area contributed by atoms with Crippen molar-refractivity contribution in [2.75, 3.05) is 33.9 Å². The fourth-order valence-electron chi connectivity index (χ4n) is 2.07. The smallest absolute Gasteiger partial charge is 0.0802 e. The highest BCUT2D eigenvalue weighted by molar-refractivity contribution is 5.29. The minimum Gasteiger partial charge on any atom is -0.388 e. The molecule has 0 spiro atoms. The van der Waals surface area contributed by atoms with Gasteiger partial charge in [-0.15, -0.1) is 0 Å². The van der Waals surface area contributed by atoms with Crippen molar-refractivity contribution in [1.29, 1.82) is 0 Å². The van der Waals surface area contributed by atoms with E-state index in [1.165, 1.54) is 11.1 Å². The van der Waals surface area contributed by atoms with Gasteiger partial charge in [-0.3, -0.25) is 0 Å². The average Bonchev–Trinajstić information content (AvgIpc) is 2.32. The largest absolute Gasteiger partial charge is 0.388 e. The molecule has 0 amide bonds. The lowest BCUT2D eigenvalue weighted by molar-refractivity contribution is 0.129. The highest BCUT2D eigenvalue weighted by atomic mass is 16.5. The van der Waals surface area contributed by atoms with Crippen molar-refractivity contribution in [1.82, 2.24) is 4.90 Å². The Balaban J connectivity index is 2.47. The number of aliphatic hydroxyl groups excluding tert-OH is 1. The molecule has 1 rings (SSSR count). The van der Waals surface area contributed by atoms with Gasteiger partial charge in [-0.2, -0.15) is 0 Å². The normalized spacial score (nSPS) is 13.0. The molecule has 0 heterocycles. The maximum absolute atomic E-state index is 10.2. The molecule has 18 heavy (non-hydrogen) atoms.